The molecule has 134 valence electrons. The Hall–Kier alpha value is -2.18. The molecule has 1 aromatic heterocycles. The SMILES string of the molecule is CCc1noc(C)c1C(=O)NCc1ccc(CN2CCOCC2)cc1. The molecule has 6 nitrogen and oxygen atoms in total. The van der Waals surface area contributed by atoms with Crippen LogP contribution in [0.3, 0.4) is 0 Å². The van der Waals surface area contributed by atoms with Crippen LogP contribution in [0.1, 0.15) is 39.9 Å². The highest BCUT2D eigenvalue weighted by Crippen LogP contribution is 2.14. The summed E-state index contributed by atoms with van der Waals surface area (Å²) >= 11 is 0. The number of morpholine rings is 1. The third kappa shape index (κ3) is 4.46. The number of ether oxygens (including phenoxy) is 1. The molecule has 1 aromatic carbocycles. The van der Waals surface area contributed by atoms with Gasteiger partial charge in [-0.1, -0.05) is 36.3 Å². The lowest BCUT2D eigenvalue weighted by molar-refractivity contribution is 0.0342. The van der Waals surface area contributed by atoms with Gasteiger partial charge in [-0.05, 0) is 24.5 Å². The van der Waals surface area contributed by atoms with E-state index in [4.69, 9.17) is 9.26 Å². The van der Waals surface area contributed by atoms with Gasteiger partial charge in [0.05, 0.1) is 18.9 Å². The normalized spacial score (nSPS) is 15.3. The van der Waals surface area contributed by atoms with E-state index < -0.39 is 0 Å². The van der Waals surface area contributed by atoms with Crippen LogP contribution in [0.15, 0.2) is 28.8 Å². The second-order valence-electron chi connectivity index (χ2n) is 6.30. The molecule has 0 saturated carbocycles. The van der Waals surface area contributed by atoms with Crippen LogP contribution in [-0.2, 0) is 24.2 Å². The lowest BCUT2D eigenvalue weighted by atomic mass is 10.1. The van der Waals surface area contributed by atoms with Gasteiger partial charge in [-0.3, -0.25) is 9.69 Å². The van der Waals surface area contributed by atoms with E-state index in [9.17, 15) is 4.79 Å². The Morgan fingerprint density at radius 1 is 1.20 bits per heavy atom. The number of nitrogens with zero attached hydrogens (tertiary/aromatic N) is 2. The summed E-state index contributed by atoms with van der Waals surface area (Å²) in [7, 11) is 0. The molecule has 3 rings (SSSR count). The molecule has 6 heteroatoms. The molecule has 1 amide bonds. The Morgan fingerprint density at radius 3 is 2.56 bits per heavy atom. The number of aryl methyl sites for hydroxylation is 2. The highest BCUT2D eigenvalue weighted by Gasteiger charge is 2.18. The summed E-state index contributed by atoms with van der Waals surface area (Å²) in [5.41, 5.74) is 3.62. The number of carbonyl (C=O) groups excluding carboxylic acids is 1. The van der Waals surface area contributed by atoms with Crippen LogP contribution >= 0.6 is 0 Å². The lowest BCUT2D eigenvalue weighted by Gasteiger charge is -2.26. The van der Waals surface area contributed by atoms with E-state index >= 15 is 0 Å². The molecule has 0 spiro atoms. The Bertz CT molecular complexity index is 703. The van der Waals surface area contributed by atoms with Crippen molar-refractivity contribution in [2.75, 3.05) is 26.3 Å². The molecule has 1 aliphatic heterocycles. The smallest absolute Gasteiger partial charge is 0.257 e. The topological polar surface area (TPSA) is 67.6 Å². The molecule has 1 saturated heterocycles. The van der Waals surface area contributed by atoms with Gasteiger partial charge in [-0.25, -0.2) is 0 Å². The lowest BCUT2D eigenvalue weighted by Crippen LogP contribution is -2.35. The van der Waals surface area contributed by atoms with E-state index in [0.717, 1.165) is 38.4 Å². The molecule has 2 heterocycles. The molecular weight excluding hydrogens is 318 g/mol. The Morgan fingerprint density at radius 2 is 1.88 bits per heavy atom. The fourth-order valence-electron chi connectivity index (χ4n) is 3.00. The summed E-state index contributed by atoms with van der Waals surface area (Å²) in [6.45, 7) is 8.74. The first kappa shape index (κ1) is 17.6. The van der Waals surface area contributed by atoms with Gasteiger partial charge in [0.1, 0.15) is 11.3 Å². The monoisotopic (exact) mass is 343 g/mol. The average molecular weight is 343 g/mol. The van der Waals surface area contributed by atoms with E-state index in [2.05, 4.69) is 39.6 Å². The van der Waals surface area contributed by atoms with Gasteiger partial charge in [-0.15, -0.1) is 0 Å². The van der Waals surface area contributed by atoms with Crippen molar-refractivity contribution in [1.82, 2.24) is 15.4 Å². The van der Waals surface area contributed by atoms with Crippen molar-refractivity contribution in [2.24, 2.45) is 0 Å². The van der Waals surface area contributed by atoms with Crippen LogP contribution in [0.4, 0.5) is 0 Å². The van der Waals surface area contributed by atoms with E-state index in [-0.39, 0.29) is 5.91 Å². The summed E-state index contributed by atoms with van der Waals surface area (Å²) in [4.78, 5) is 14.8. The zero-order valence-corrected chi connectivity index (χ0v) is 14.9. The van der Waals surface area contributed by atoms with Crippen molar-refractivity contribution >= 4 is 5.91 Å². The van der Waals surface area contributed by atoms with Crippen LogP contribution in [0, 0.1) is 6.92 Å². The van der Waals surface area contributed by atoms with E-state index in [1.807, 2.05) is 6.92 Å². The van der Waals surface area contributed by atoms with Gasteiger partial charge in [0, 0.05) is 26.2 Å². The maximum Gasteiger partial charge on any atom is 0.257 e. The number of amides is 1. The van der Waals surface area contributed by atoms with Gasteiger partial charge in [0.15, 0.2) is 0 Å². The van der Waals surface area contributed by atoms with Crippen molar-refractivity contribution in [2.45, 2.75) is 33.4 Å². The number of rotatable bonds is 6. The number of aromatic nitrogens is 1. The summed E-state index contributed by atoms with van der Waals surface area (Å²) in [5.74, 6) is 0.434. The summed E-state index contributed by atoms with van der Waals surface area (Å²) < 4.78 is 10.5. The Kier molecular flexibility index (Phi) is 5.83. The highest BCUT2D eigenvalue weighted by molar-refractivity contribution is 5.96. The number of carbonyl (C=O) groups is 1. The third-order valence-electron chi connectivity index (χ3n) is 4.48. The second-order valence-corrected chi connectivity index (χ2v) is 6.30. The number of nitrogens with one attached hydrogen (secondary N) is 1. The van der Waals surface area contributed by atoms with Crippen LogP contribution in [0.25, 0.3) is 0 Å². The molecule has 25 heavy (non-hydrogen) atoms. The summed E-state index contributed by atoms with van der Waals surface area (Å²) in [6.07, 6.45) is 0.677. The first-order valence-electron chi connectivity index (χ1n) is 8.78. The molecule has 0 aliphatic carbocycles. The molecule has 1 N–H and O–H groups in total. The van der Waals surface area contributed by atoms with Crippen LogP contribution in [-0.4, -0.2) is 42.3 Å². The quantitative estimate of drug-likeness (QED) is 0.872. The van der Waals surface area contributed by atoms with Crippen molar-refractivity contribution in [3.8, 4) is 0 Å². The molecule has 1 fully saturated rings. The van der Waals surface area contributed by atoms with Gasteiger partial charge in [0.25, 0.3) is 5.91 Å². The molecule has 1 aliphatic rings. The van der Waals surface area contributed by atoms with Crippen molar-refractivity contribution < 1.29 is 14.1 Å². The van der Waals surface area contributed by atoms with E-state index in [1.54, 1.807) is 6.92 Å². The first-order valence-corrected chi connectivity index (χ1v) is 8.78. The summed E-state index contributed by atoms with van der Waals surface area (Å²) in [5, 5.41) is 6.88. The Labute approximate surface area is 148 Å². The van der Waals surface area contributed by atoms with E-state index in [0.29, 0.717) is 30.0 Å². The maximum absolute atomic E-state index is 12.4. The molecular formula is C19H25N3O3. The predicted octanol–water partition coefficient (Wildman–Crippen LogP) is 2.31. The van der Waals surface area contributed by atoms with Crippen molar-refractivity contribution in [1.29, 1.82) is 0 Å². The van der Waals surface area contributed by atoms with Crippen LogP contribution < -0.4 is 5.32 Å². The maximum atomic E-state index is 12.4. The molecule has 0 bridgehead atoms. The molecule has 2 aromatic rings. The number of benzene rings is 1. The van der Waals surface area contributed by atoms with Crippen molar-refractivity contribution in [3.63, 3.8) is 0 Å². The summed E-state index contributed by atoms with van der Waals surface area (Å²) in [6, 6.07) is 8.38. The number of hydrogen-bond donors (Lipinski definition) is 1. The largest absolute Gasteiger partial charge is 0.379 e. The minimum Gasteiger partial charge on any atom is -0.379 e. The zero-order chi connectivity index (χ0) is 17.6. The predicted molar refractivity (Wildman–Crippen MR) is 94.3 cm³/mol. The highest BCUT2D eigenvalue weighted by atomic mass is 16.5. The minimum atomic E-state index is -0.131. The van der Waals surface area contributed by atoms with Crippen molar-refractivity contribution in [3.05, 3.63) is 52.4 Å². The number of hydrogen-bond acceptors (Lipinski definition) is 5. The van der Waals surface area contributed by atoms with Crippen LogP contribution in [0.2, 0.25) is 0 Å². The fourth-order valence-corrected chi connectivity index (χ4v) is 3.00. The minimum absolute atomic E-state index is 0.131. The molecule has 0 unspecified atom stereocenters. The molecule has 0 atom stereocenters. The zero-order valence-electron chi connectivity index (χ0n) is 14.9. The van der Waals surface area contributed by atoms with Gasteiger partial charge in [-0.2, -0.15) is 0 Å². The Balaban J connectivity index is 1.54. The average Bonchev–Trinajstić information content (AvgIpc) is 3.02. The van der Waals surface area contributed by atoms with Gasteiger partial charge in [0.2, 0.25) is 0 Å². The van der Waals surface area contributed by atoms with Gasteiger partial charge >= 0.3 is 0 Å². The second kappa shape index (κ2) is 8.27. The van der Waals surface area contributed by atoms with E-state index in [1.165, 1.54) is 5.56 Å². The third-order valence-corrected chi connectivity index (χ3v) is 4.48. The van der Waals surface area contributed by atoms with Gasteiger partial charge < -0.3 is 14.6 Å². The van der Waals surface area contributed by atoms with Crippen LogP contribution in [0.5, 0.6) is 0 Å². The molecule has 0 radical (unpaired) electrons. The fraction of sp³-hybridized carbons (Fsp3) is 0.474. The standard InChI is InChI=1S/C19H25N3O3/c1-3-17-18(14(2)25-21-17)19(23)20-12-15-4-6-16(7-5-15)13-22-8-10-24-11-9-22/h4-7H,3,8-13H2,1-2H3,(H,20,23). The first-order chi connectivity index (χ1) is 12.2.